The second-order valence-corrected chi connectivity index (χ2v) is 4.93. The Bertz CT molecular complexity index is 217. The maximum atomic E-state index is 5.41. The number of hydrogen-bond donors (Lipinski definition) is 1. The van der Waals surface area contributed by atoms with Gasteiger partial charge in [-0.25, -0.2) is 0 Å². The molecule has 2 nitrogen and oxygen atoms in total. The Morgan fingerprint density at radius 1 is 1.53 bits per heavy atom. The van der Waals surface area contributed by atoms with Crippen LogP contribution in [0.2, 0.25) is 0 Å². The first-order chi connectivity index (χ1) is 7.17. The van der Waals surface area contributed by atoms with Crippen LogP contribution >= 0.6 is 0 Å². The van der Waals surface area contributed by atoms with Gasteiger partial charge >= 0.3 is 0 Å². The molecule has 1 aliphatic rings. The maximum Gasteiger partial charge on any atom is 0.0602 e. The van der Waals surface area contributed by atoms with Gasteiger partial charge in [-0.2, -0.15) is 0 Å². The Hall–Kier alpha value is -0.520. The summed E-state index contributed by atoms with van der Waals surface area (Å²) in [5.41, 5.74) is 0. The zero-order valence-electron chi connectivity index (χ0n) is 10.3. The van der Waals surface area contributed by atoms with Gasteiger partial charge in [-0.05, 0) is 18.8 Å². The van der Waals surface area contributed by atoms with Gasteiger partial charge in [0.15, 0.2) is 0 Å². The highest BCUT2D eigenvalue weighted by molar-refractivity contribution is 4.94. The third kappa shape index (κ3) is 3.85. The number of nitrogens with one attached hydrogen (secondary N) is 1. The quantitative estimate of drug-likeness (QED) is 0.708. The van der Waals surface area contributed by atoms with Gasteiger partial charge in [-0.1, -0.05) is 26.7 Å². The van der Waals surface area contributed by atoms with Crippen LogP contribution in [0.4, 0.5) is 0 Å². The molecular formula is C13H24N2. The SMILES string of the molecule is C#CCN1CC(CC(C)C)NCC1CC. The third-order valence-corrected chi connectivity index (χ3v) is 3.13. The first-order valence-electron chi connectivity index (χ1n) is 6.08. The van der Waals surface area contributed by atoms with E-state index in [0.717, 1.165) is 25.6 Å². The second-order valence-electron chi connectivity index (χ2n) is 4.93. The van der Waals surface area contributed by atoms with Crippen LogP contribution in [-0.2, 0) is 0 Å². The van der Waals surface area contributed by atoms with E-state index in [-0.39, 0.29) is 0 Å². The lowest BCUT2D eigenvalue weighted by molar-refractivity contribution is 0.134. The zero-order valence-corrected chi connectivity index (χ0v) is 10.3. The average Bonchev–Trinajstić information content (AvgIpc) is 2.18. The largest absolute Gasteiger partial charge is 0.311 e. The molecule has 86 valence electrons. The van der Waals surface area contributed by atoms with E-state index in [0.29, 0.717) is 12.1 Å². The zero-order chi connectivity index (χ0) is 11.3. The first-order valence-corrected chi connectivity index (χ1v) is 6.08. The van der Waals surface area contributed by atoms with E-state index in [2.05, 4.69) is 36.9 Å². The highest BCUT2D eigenvalue weighted by atomic mass is 15.2. The monoisotopic (exact) mass is 208 g/mol. The lowest BCUT2D eigenvalue weighted by Crippen LogP contribution is -2.56. The lowest BCUT2D eigenvalue weighted by Gasteiger charge is -2.39. The molecule has 15 heavy (non-hydrogen) atoms. The van der Waals surface area contributed by atoms with Crippen LogP contribution < -0.4 is 5.32 Å². The molecule has 1 N–H and O–H groups in total. The van der Waals surface area contributed by atoms with E-state index >= 15 is 0 Å². The van der Waals surface area contributed by atoms with Gasteiger partial charge in [0.1, 0.15) is 0 Å². The Labute approximate surface area is 94.4 Å². The molecule has 1 rings (SSSR count). The van der Waals surface area contributed by atoms with Crippen LogP contribution in [0.15, 0.2) is 0 Å². The second kappa shape index (κ2) is 6.15. The highest BCUT2D eigenvalue weighted by Crippen LogP contribution is 2.14. The maximum absolute atomic E-state index is 5.41. The Kier molecular flexibility index (Phi) is 5.14. The van der Waals surface area contributed by atoms with E-state index in [9.17, 15) is 0 Å². The summed E-state index contributed by atoms with van der Waals surface area (Å²) >= 11 is 0. The fourth-order valence-electron chi connectivity index (χ4n) is 2.37. The van der Waals surface area contributed by atoms with Gasteiger partial charge in [0, 0.05) is 25.2 Å². The van der Waals surface area contributed by atoms with E-state index in [1.54, 1.807) is 0 Å². The Morgan fingerprint density at radius 2 is 2.27 bits per heavy atom. The highest BCUT2D eigenvalue weighted by Gasteiger charge is 2.26. The molecule has 0 radical (unpaired) electrons. The molecule has 1 heterocycles. The fraction of sp³-hybridized carbons (Fsp3) is 0.846. The van der Waals surface area contributed by atoms with Crippen molar-refractivity contribution in [2.45, 2.75) is 45.7 Å². The van der Waals surface area contributed by atoms with Crippen LogP contribution in [0, 0.1) is 18.3 Å². The van der Waals surface area contributed by atoms with Crippen LogP contribution in [0.3, 0.4) is 0 Å². The number of rotatable bonds is 4. The molecule has 2 unspecified atom stereocenters. The van der Waals surface area contributed by atoms with Gasteiger partial charge in [0.2, 0.25) is 0 Å². The van der Waals surface area contributed by atoms with Crippen LogP contribution in [0.25, 0.3) is 0 Å². The molecule has 2 heteroatoms. The van der Waals surface area contributed by atoms with Crippen molar-refractivity contribution in [3.63, 3.8) is 0 Å². The average molecular weight is 208 g/mol. The van der Waals surface area contributed by atoms with E-state index in [4.69, 9.17) is 6.42 Å². The van der Waals surface area contributed by atoms with E-state index in [1.165, 1.54) is 12.8 Å². The summed E-state index contributed by atoms with van der Waals surface area (Å²) in [6.45, 7) is 9.79. The van der Waals surface area contributed by atoms with Crippen LogP contribution in [0.5, 0.6) is 0 Å². The number of terminal acetylenes is 1. The molecule has 2 atom stereocenters. The summed E-state index contributed by atoms with van der Waals surface area (Å²) in [6.07, 6.45) is 7.84. The molecule has 0 spiro atoms. The Morgan fingerprint density at radius 3 is 2.80 bits per heavy atom. The summed E-state index contributed by atoms with van der Waals surface area (Å²) < 4.78 is 0. The van der Waals surface area contributed by atoms with Crippen molar-refractivity contribution < 1.29 is 0 Å². The summed E-state index contributed by atoms with van der Waals surface area (Å²) in [4.78, 5) is 2.45. The lowest BCUT2D eigenvalue weighted by atomic mass is 9.99. The minimum absolute atomic E-state index is 0.626. The molecule has 0 aromatic rings. The summed E-state index contributed by atoms with van der Waals surface area (Å²) in [5.74, 6) is 3.53. The molecule has 0 bridgehead atoms. The van der Waals surface area contributed by atoms with Crippen molar-refractivity contribution in [3.8, 4) is 12.3 Å². The minimum Gasteiger partial charge on any atom is -0.311 e. The molecule has 1 aliphatic heterocycles. The predicted molar refractivity (Wildman–Crippen MR) is 65.7 cm³/mol. The predicted octanol–water partition coefficient (Wildman–Crippen LogP) is 1.72. The molecular weight excluding hydrogens is 184 g/mol. The number of nitrogens with zero attached hydrogens (tertiary/aromatic N) is 1. The van der Waals surface area contributed by atoms with Crippen molar-refractivity contribution in [1.82, 2.24) is 10.2 Å². The van der Waals surface area contributed by atoms with Gasteiger partial charge in [0.25, 0.3) is 0 Å². The topological polar surface area (TPSA) is 15.3 Å². The van der Waals surface area contributed by atoms with Crippen molar-refractivity contribution in [2.24, 2.45) is 5.92 Å². The molecule has 0 saturated carbocycles. The molecule has 0 aromatic carbocycles. The first kappa shape index (κ1) is 12.5. The third-order valence-electron chi connectivity index (χ3n) is 3.13. The van der Waals surface area contributed by atoms with Crippen molar-refractivity contribution >= 4 is 0 Å². The van der Waals surface area contributed by atoms with Crippen LogP contribution in [-0.4, -0.2) is 36.6 Å². The van der Waals surface area contributed by atoms with Crippen LogP contribution in [0.1, 0.15) is 33.6 Å². The number of hydrogen-bond acceptors (Lipinski definition) is 2. The summed E-state index contributed by atoms with van der Waals surface area (Å²) in [7, 11) is 0. The minimum atomic E-state index is 0.626. The molecule has 0 amide bonds. The fourth-order valence-corrected chi connectivity index (χ4v) is 2.37. The van der Waals surface area contributed by atoms with Gasteiger partial charge in [0.05, 0.1) is 6.54 Å². The molecule has 1 saturated heterocycles. The number of piperazine rings is 1. The van der Waals surface area contributed by atoms with Crippen molar-refractivity contribution in [2.75, 3.05) is 19.6 Å². The normalized spacial score (nSPS) is 27.9. The van der Waals surface area contributed by atoms with E-state index < -0.39 is 0 Å². The standard InChI is InChI=1S/C13H24N2/c1-5-7-15-10-12(8-11(3)4)14-9-13(15)6-2/h1,11-14H,6-10H2,2-4H3. The van der Waals surface area contributed by atoms with Crippen molar-refractivity contribution in [3.05, 3.63) is 0 Å². The summed E-state index contributed by atoms with van der Waals surface area (Å²) in [6, 6.07) is 1.26. The van der Waals surface area contributed by atoms with E-state index in [1.807, 2.05) is 0 Å². The molecule has 0 aliphatic carbocycles. The van der Waals surface area contributed by atoms with Gasteiger partial charge in [-0.3, -0.25) is 4.90 Å². The van der Waals surface area contributed by atoms with Crippen molar-refractivity contribution in [1.29, 1.82) is 0 Å². The Balaban J connectivity index is 2.46. The van der Waals surface area contributed by atoms with Gasteiger partial charge < -0.3 is 5.32 Å². The van der Waals surface area contributed by atoms with Gasteiger partial charge in [-0.15, -0.1) is 6.42 Å². The molecule has 0 aromatic heterocycles. The smallest absolute Gasteiger partial charge is 0.0602 e. The molecule has 1 fully saturated rings. The summed E-state index contributed by atoms with van der Waals surface area (Å²) in [5, 5.41) is 3.63.